The first-order valence-electron chi connectivity index (χ1n) is 7.03. The number of hydrogen-bond acceptors (Lipinski definition) is 4. The van der Waals surface area contributed by atoms with Gasteiger partial charge in [-0.05, 0) is 37.4 Å². The van der Waals surface area contributed by atoms with E-state index >= 15 is 0 Å². The zero-order chi connectivity index (χ0) is 15.0. The van der Waals surface area contributed by atoms with Gasteiger partial charge in [-0.25, -0.2) is 0 Å². The number of nitro groups is 1. The molecule has 2 aliphatic rings. The smallest absolute Gasteiger partial charge is 0.283 e. The second-order valence-corrected chi connectivity index (χ2v) is 6.00. The number of carbonyl (C=O) groups is 1. The van der Waals surface area contributed by atoms with E-state index in [1.54, 1.807) is 4.90 Å². The van der Waals surface area contributed by atoms with Crippen molar-refractivity contribution in [1.29, 1.82) is 0 Å². The molecule has 6 nitrogen and oxygen atoms in total. The summed E-state index contributed by atoms with van der Waals surface area (Å²) in [6.07, 6.45) is 1.95. The van der Waals surface area contributed by atoms with Gasteiger partial charge in [-0.15, -0.1) is 0 Å². The van der Waals surface area contributed by atoms with Crippen molar-refractivity contribution in [2.24, 2.45) is 5.92 Å². The number of halogens is 1. The van der Waals surface area contributed by atoms with Gasteiger partial charge in [-0.3, -0.25) is 14.9 Å². The van der Waals surface area contributed by atoms with Gasteiger partial charge >= 0.3 is 0 Å². The third-order valence-electron chi connectivity index (χ3n) is 4.33. The van der Waals surface area contributed by atoms with E-state index in [-0.39, 0.29) is 22.2 Å². The maximum atomic E-state index is 12.6. The zero-order valence-electron chi connectivity index (χ0n) is 11.4. The Morgan fingerprint density at radius 3 is 3.00 bits per heavy atom. The number of piperidine rings is 1. The molecule has 2 unspecified atom stereocenters. The molecule has 0 aliphatic carbocycles. The lowest BCUT2D eigenvalue weighted by atomic mass is 9.93. The summed E-state index contributed by atoms with van der Waals surface area (Å²) in [5.74, 6) is 0.178. The summed E-state index contributed by atoms with van der Waals surface area (Å²) >= 11 is 5.79. The lowest BCUT2D eigenvalue weighted by Crippen LogP contribution is -2.47. The number of nitro benzene ring substituents is 1. The number of amides is 1. The topological polar surface area (TPSA) is 75.5 Å². The molecule has 1 aromatic carbocycles. The molecule has 3 rings (SSSR count). The molecule has 112 valence electrons. The molecular weight excluding hydrogens is 294 g/mol. The summed E-state index contributed by atoms with van der Waals surface area (Å²) in [5, 5.41) is 14.8. The molecule has 2 saturated heterocycles. The minimum absolute atomic E-state index is 0.119. The Labute approximate surface area is 127 Å². The van der Waals surface area contributed by atoms with Crippen LogP contribution >= 0.6 is 11.6 Å². The van der Waals surface area contributed by atoms with E-state index in [2.05, 4.69) is 5.32 Å². The Hall–Kier alpha value is -1.66. The van der Waals surface area contributed by atoms with Gasteiger partial charge in [0.15, 0.2) is 0 Å². The number of rotatable bonds is 2. The predicted molar refractivity (Wildman–Crippen MR) is 78.5 cm³/mol. The number of carbonyl (C=O) groups excluding carboxylic acids is 1. The van der Waals surface area contributed by atoms with Crippen LogP contribution in [0.4, 0.5) is 5.69 Å². The van der Waals surface area contributed by atoms with Crippen molar-refractivity contribution in [3.05, 3.63) is 38.9 Å². The summed E-state index contributed by atoms with van der Waals surface area (Å²) in [4.78, 5) is 24.9. The van der Waals surface area contributed by atoms with Crippen LogP contribution in [-0.4, -0.2) is 41.4 Å². The summed E-state index contributed by atoms with van der Waals surface area (Å²) in [6.45, 7) is 2.28. The second kappa shape index (κ2) is 5.61. The van der Waals surface area contributed by atoms with E-state index in [1.807, 2.05) is 0 Å². The van der Waals surface area contributed by atoms with Crippen LogP contribution in [0.2, 0.25) is 5.02 Å². The van der Waals surface area contributed by atoms with E-state index in [1.165, 1.54) is 18.2 Å². The second-order valence-electron chi connectivity index (χ2n) is 5.57. The summed E-state index contributed by atoms with van der Waals surface area (Å²) in [5.41, 5.74) is -0.104. The lowest BCUT2D eigenvalue weighted by Gasteiger charge is -2.34. The molecule has 2 atom stereocenters. The third-order valence-corrected chi connectivity index (χ3v) is 4.56. The van der Waals surface area contributed by atoms with Crippen molar-refractivity contribution in [2.75, 3.05) is 19.6 Å². The van der Waals surface area contributed by atoms with Gasteiger partial charge in [-0.1, -0.05) is 11.6 Å². The zero-order valence-corrected chi connectivity index (χ0v) is 12.2. The largest absolute Gasteiger partial charge is 0.338 e. The van der Waals surface area contributed by atoms with Gasteiger partial charge in [0.1, 0.15) is 5.56 Å². The fraction of sp³-hybridized carbons (Fsp3) is 0.500. The van der Waals surface area contributed by atoms with Crippen LogP contribution < -0.4 is 5.32 Å². The molecule has 0 spiro atoms. The van der Waals surface area contributed by atoms with Crippen molar-refractivity contribution in [3.8, 4) is 0 Å². The molecular formula is C14H16ClN3O3. The first-order chi connectivity index (χ1) is 10.1. The molecule has 2 heterocycles. The molecule has 1 amide bonds. The lowest BCUT2D eigenvalue weighted by molar-refractivity contribution is -0.385. The predicted octanol–water partition coefficient (Wildman–Crippen LogP) is 2.07. The van der Waals surface area contributed by atoms with Gasteiger partial charge in [-0.2, -0.15) is 0 Å². The van der Waals surface area contributed by atoms with Crippen LogP contribution in [0.15, 0.2) is 18.2 Å². The summed E-state index contributed by atoms with van der Waals surface area (Å²) in [6, 6.07) is 4.68. The number of fused-ring (bicyclic) bond motifs is 1. The van der Waals surface area contributed by atoms with Gasteiger partial charge in [0.05, 0.1) is 4.92 Å². The minimum atomic E-state index is -0.553. The van der Waals surface area contributed by atoms with Crippen LogP contribution in [0, 0.1) is 16.0 Å². The van der Waals surface area contributed by atoms with Gasteiger partial charge < -0.3 is 10.2 Å². The molecule has 1 N–H and O–H groups in total. The number of nitrogens with one attached hydrogen (secondary N) is 1. The molecule has 0 bridgehead atoms. The van der Waals surface area contributed by atoms with E-state index in [0.29, 0.717) is 25.0 Å². The van der Waals surface area contributed by atoms with Crippen molar-refractivity contribution in [2.45, 2.75) is 18.9 Å². The highest BCUT2D eigenvalue weighted by atomic mass is 35.5. The van der Waals surface area contributed by atoms with Crippen molar-refractivity contribution in [3.63, 3.8) is 0 Å². The minimum Gasteiger partial charge on any atom is -0.338 e. The van der Waals surface area contributed by atoms with Crippen molar-refractivity contribution >= 4 is 23.2 Å². The van der Waals surface area contributed by atoms with Crippen molar-refractivity contribution in [1.82, 2.24) is 10.2 Å². The standard InChI is InChI=1S/C14H16ClN3O3/c15-10-1-2-11(13(7-10)18(20)21)14(19)17-6-4-12-9(8-17)3-5-16-12/h1-2,7,9,12,16H,3-6,8H2. The highest BCUT2D eigenvalue weighted by Crippen LogP contribution is 2.29. The maximum Gasteiger partial charge on any atom is 0.283 e. The van der Waals surface area contributed by atoms with Crippen LogP contribution in [0.3, 0.4) is 0 Å². The van der Waals surface area contributed by atoms with E-state index in [0.717, 1.165) is 19.4 Å². The molecule has 0 radical (unpaired) electrons. The van der Waals surface area contributed by atoms with Gasteiger partial charge in [0.2, 0.25) is 0 Å². The first-order valence-corrected chi connectivity index (χ1v) is 7.40. The van der Waals surface area contributed by atoms with E-state index < -0.39 is 4.92 Å². The Morgan fingerprint density at radius 1 is 1.43 bits per heavy atom. The van der Waals surface area contributed by atoms with Crippen LogP contribution in [0.5, 0.6) is 0 Å². The first kappa shape index (κ1) is 14.3. The van der Waals surface area contributed by atoms with Gasteiger partial charge in [0, 0.05) is 30.2 Å². The summed E-state index contributed by atoms with van der Waals surface area (Å²) in [7, 11) is 0. The SMILES string of the molecule is O=C(c1ccc(Cl)cc1[N+](=O)[O-])N1CCC2NCCC2C1. The maximum absolute atomic E-state index is 12.6. The Kier molecular flexibility index (Phi) is 3.82. The number of likely N-dealkylation sites (tertiary alicyclic amines) is 1. The number of hydrogen-bond donors (Lipinski definition) is 1. The van der Waals surface area contributed by atoms with Crippen LogP contribution in [0.1, 0.15) is 23.2 Å². The van der Waals surface area contributed by atoms with Crippen LogP contribution in [-0.2, 0) is 0 Å². The summed E-state index contributed by atoms with van der Waals surface area (Å²) < 4.78 is 0. The highest BCUT2D eigenvalue weighted by molar-refractivity contribution is 6.31. The monoisotopic (exact) mass is 309 g/mol. The fourth-order valence-corrected chi connectivity index (χ4v) is 3.41. The van der Waals surface area contributed by atoms with Crippen molar-refractivity contribution < 1.29 is 9.72 Å². The Morgan fingerprint density at radius 2 is 2.24 bits per heavy atom. The number of nitrogens with zero attached hydrogens (tertiary/aromatic N) is 2. The molecule has 0 aromatic heterocycles. The molecule has 21 heavy (non-hydrogen) atoms. The third kappa shape index (κ3) is 2.73. The Balaban J connectivity index is 1.83. The Bertz CT molecular complexity index is 593. The highest BCUT2D eigenvalue weighted by Gasteiger charge is 2.36. The van der Waals surface area contributed by atoms with E-state index in [9.17, 15) is 14.9 Å². The quantitative estimate of drug-likeness (QED) is 0.670. The average molecular weight is 310 g/mol. The molecule has 1 aromatic rings. The number of benzene rings is 1. The molecule has 7 heteroatoms. The normalized spacial score (nSPS) is 24.7. The average Bonchev–Trinajstić information content (AvgIpc) is 2.93. The fourth-order valence-electron chi connectivity index (χ4n) is 3.24. The molecule has 2 aliphatic heterocycles. The van der Waals surface area contributed by atoms with Gasteiger partial charge in [0.25, 0.3) is 11.6 Å². The molecule has 2 fully saturated rings. The van der Waals surface area contributed by atoms with E-state index in [4.69, 9.17) is 11.6 Å². The van der Waals surface area contributed by atoms with Crippen LogP contribution in [0.25, 0.3) is 0 Å². The molecule has 0 saturated carbocycles.